The number of aryl methyl sites for hydroxylation is 1. The highest BCUT2D eigenvalue weighted by Crippen LogP contribution is 2.42. The van der Waals surface area contributed by atoms with Gasteiger partial charge in [0.05, 0.1) is 18.2 Å². The molecule has 3 aromatic rings. The van der Waals surface area contributed by atoms with E-state index in [1.54, 1.807) is 11.0 Å². The maximum Gasteiger partial charge on any atom is 0.241 e. The molecule has 0 unspecified atom stereocenters. The summed E-state index contributed by atoms with van der Waals surface area (Å²) in [6, 6.07) is 23.5. The first-order valence-electron chi connectivity index (χ1n) is 10.6. The van der Waals surface area contributed by atoms with Crippen LogP contribution in [-0.2, 0) is 22.7 Å². The largest absolute Gasteiger partial charge is 0.352 e. The van der Waals surface area contributed by atoms with Crippen molar-refractivity contribution in [1.82, 2.24) is 5.32 Å². The second-order valence-corrected chi connectivity index (χ2v) is 9.60. The van der Waals surface area contributed by atoms with Crippen LogP contribution in [0.25, 0.3) is 0 Å². The normalized spacial score (nSPS) is 16.4. The smallest absolute Gasteiger partial charge is 0.241 e. The molecule has 1 heterocycles. The number of anilines is 1. The molecule has 2 atom stereocenters. The van der Waals surface area contributed by atoms with Gasteiger partial charge in [-0.25, -0.2) is 0 Å². The highest BCUT2D eigenvalue weighted by Gasteiger charge is 2.39. The molecule has 4 nitrogen and oxygen atoms in total. The lowest BCUT2D eigenvalue weighted by molar-refractivity contribution is -0.128. The average molecular weight is 465 g/mol. The van der Waals surface area contributed by atoms with Crippen LogP contribution in [0.4, 0.5) is 5.69 Å². The third kappa shape index (κ3) is 4.84. The van der Waals surface area contributed by atoms with Gasteiger partial charge >= 0.3 is 0 Å². The number of hydrogen-bond donors (Lipinski definition) is 1. The summed E-state index contributed by atoms with van der Waals surface area (Å²) < 4.78 is 0. The molecule has 1 aliphatic rings. The standard InChI is InChI=1S/C26H25ClN2O2S/c1-17-11-13-19(14-12-17)16-29-22-9-5-6-10-23(22)32-24(26(29)31)18(2)25(30)28-15-20-7-3-4-8-21(20)27/h3-14,18,24H,15-16H2,1-2H3,(H,28,30)/t18-,24+/m1/s1. The summed E-state index contributed by atoms with van der Waals surface area (Å²) >= 11 is 7.67. The zero-order valence-corrected chi connectivity index (χ0v) is 19.6. The summed E-state index contributed by atoms with van der Waals surface area (Å²) in [7, 11) is 0. The number of rotatable bonds is 6. The van der Waals surface area contributed by atoms with Gasteiger partial charge in [0.2, 0.25) is 11.8 Å². The van der Waals surface area contributed by atoms with E-state index in [0.717, 1.165) is 21.7 Å². The monoisotopic (exact) mass is 464 g/mol. The predicted molar refractivity (Wildman–Crippen MR) is 131 cm³/mol. The number of fused-ring (bicyclic) bond motifs is 1. The Balaban J connectivity index is 1.53. The minimum absolute atomic E-state index is 0.0466. The first kappa shape index (κ1) is 22.4. The van der Waals surface area contributed by atoms with Gasteiger partial charge in [-0.15, -0.1) is 11.8 Å². The predicted octanol–water partition coefficient (Wildman–Crippen LogP) is 5.61. The SMILES string of the molecule is Cc1ccc(CN2C(=O)[C@H]([C@@H](C)C(=O)NCc3ccccc3Cl)Sc3ccccc32)cc1. The Hall–Kier alpha value is -2.76. The van der Waals surface area contributed by atoms with Crippen molar-refractivity contribution in [3.8, 4) is 0 Å². The number of halogens is 1. The van der Waals surface area contributed by atoms with Crippen LogP contribution in [0.1, 0.15) is 23.6 Å². The van der Waals surface area contributed by atoms with E-state index in [1.807, 2.05) is 80.6 Å². The van der Waals surface area contributed by atoms with Gasteiger partial charge in [-0.05, 0) is 36.2 Å². The van der Waals surface area contributed by atoms with Crippen LogP contribution in [0.5, 0.6) is 0 Å². The zero-order valence-electron chi connectivity index (χ0n) is 18.0. The van der Waals surface area contributed by atoms with Crippen LogP contribution in [0.15, 0.2) is 77.7 Å². The Morgan fingerprint density at radius 2 is 1.75 bits per heavy atom. The number of para-hydroxylation sites is 1. The highest BCUT2D eigenvalue weighted by molar-refractivity contribution is 8.01. The van der Waals surface area contributed by atoms with Crippen molar-refractivity contribution >= 4 is 40.9 Å². The van der Waals surface area contributed by atoms with Crippen molar-refractivity contribution in [3.63, 3.8) is 0 Å². The molecule has 2 amide bonds. The summed E-state index contributed by atoms with van der Waals surface area (Å²) in [5.74, 6) is -0.705. The molecule has 0 saturated heterocycles. The van der Waals surface area contributed by atoms with Crippen LogP contribution in [-0.4, -0.2) is 17.1 Å². The number of amides is 2. The fourth-order valence-corrected chi connectivity index (χ4v) is 5.20. The van der Waals surface area contributed by atoms with Crippen LogP contribution in [0.2, 0.25) is 5.02 Å². The lowest BCUT2D eigenvalue weighted by Crippen LogP contribution is -2.47. The molecule has 0 bridgehead atoms. The van der Waals surface area contributed by atoms with Gasteiger partial charge in [0.25, 0.3) is 0 Å². The molecule has 1 N–H and O–H groups in total. The number of nitrogens with one attached hydrogen (secondary N) is 1. The van der Waals surface area contributed by atoms with Gasteiger partial charge in [-0.2, -0.15) is 0 Å². The molecular formula is C26H25ClN2O2S. The van der Waals surface area contributed by atoms with E-state index < -0.39 is 11.2 Å². The van der Waals surface area contributed by atoms with Crippen LogP contribution < -0.4 is 10.2 Å². The number of carbonyl (C=O) groups is 2. The van der Waals surface area contributed by atoms with E-state index in [2.05, 4.69) is 5.32 Å². The number of thioether (sulfide) groups is 1. The third-order valence-corrected chi connectivity index (χ3v) is 7.49. The van der Waals surface area contributed by atoms with Gasteiger partial charge in [-0.3, -0.25) is 9.59 Å². The number of hydrogen-bond acceptors (Lipinski definition) is 3. The average Bonchev–Trinajstić information content (AvgIpc) is 2.81. The Labute approximate surface area is 198 Å². The van der Waals surface area contributed by atoms with Gasteiger partial charge in [-0.1, -0.05) is 78.7 Å². The van der Waals surface area contributed by atoms with Gasteiger partial charge in [0.1, 0.15) is 5.25 Å². The van der Waals surface area contributed by atoms with Crippen molar-refractivity contribution in [1.29, 1.82) is 0 Å². The highest BCUT2D eigenvalue weighted by atomic mass is 35.5. The van der Waals surface area contributed by atoms with E-state index >= 15 is 0 Å². The second kappa shape index (κ2) is 9.80. The molecule has 3 aromatic carbocycles. The summed E-state index contributed by atoms with van der Waals surface area (Å²) in [6.07, 6.45) is 0. The summed E-state index contributed by atoms with van der Waals surface area (Å²) in [5, 5.41) is 3.06. The van der Waals surface area contributed by atoms with Gasteiger partial charge in [0, 0.05) is 16.5 Å². The minimum Gasteiger partial charge on any atom is -0.352 e. The van der Waals surface area contributed by atoms with Crippen molar-refractivity contribution in [2.75, 3.05) is 4.90 Å². The quantitative estimate of drug-likeness (QED) is 0.516. The molecule has 6 heteroatoms. The molecule has 164 valence electrons. The molecule has 0 saturated carbocycles. The summed E-state index contributed by atoms with van der Waals surface area (Å²) in [4.78, 5) is 29.3. The van der Waals surface area contributed by atoms with E-state index in [-0.39, 0.29) is 11.8 Å². The first-order valence-corrected chi connectivity index (χ1v) is 11.8. The third-order valence-electron chi connectivity index (χ3n) is 5.66. The fraction of sp³-hybridized carbons (Fsp3) is 0.231. The Morgan fingerprint density at radius 3 is 2.50 bits per heavy atom. The topological polar surface area (TPSA) is 49.4 Å². The van der Waals surface area contributed by atoms with Gasteiger partial charge < -0.3 is 10.2 Å². The van der Waals surface area contributed by atoms with Crippen LogP contribution in [0, 0.1) is 12.8 Å². The van der Waals surface area contributed by atoms with E-state index in [9.17, 15) is 9.59 Å². The molecule has 0 spiro atoms. The number of benzene rings is 3. The molecular weight excluding hydrogens is 440 g/mol. The van der Waals surface area contributed by atoms with E-state index in [4.69, 9.17) is 11.6 Å². The maximum absolute atomic E-state index is 13.5. The zero-order chi connectivity index (χ0) is 22.7. The minimum atomic E-state index is -0.499. The lowest BCUT2D eigenvalue weighted by atomic mass is 10.0. The molecule has 0 radical (unpaired) electrons. The van der Waals surface area contributed by atoms with Crippen molar-refractivity contribution in [3.05, 3.63) is 94.5 Å². The summed E-state index contributed by atoms with van der Waals surface area (Å²) in [6.45, 7) is 4.66. The Morgan fingerprint density at radius 1 is 1.06 bits per heavy atom. The Kier molecular flexibility index (Phi) is 6.87. The van der Waals surface area contributed by atoms with Crippen LogP contribution >= 0.6 is 23.4 Å². The second-order valence-electron chi connectivity index (χ2n) is 8.01. The van der Waals surface area contributed by atoms with Crippen LogP contribution in [0.3, 0.4) is 0 Å². The van der Waals surface area contributed by atoms with E-state index in [1.165, 1.54) is 17.3 Å². The van der Waals surface area contributed by atoms with Crippen molar-refractivity contribution in [2.24, 2.45) is 5.92 Å². The summed E-state index contributed by atoms with van der Waals surface area (Å²) in [5.41, 5.74) is 3.98. The van der Waals surface area contributed by atoms with E-state index in [0.29, 0.717) is 18.1 Å². The molecule has 0 fully saturated rings. The lowest BCUT2D eigenvalue weighted by Gasteiger charge is -2.35. The fourth-order valence-electron chi connectivity index (χ4n) is 3.72. The van der Waals surface area contributed by atoms with Crippen molar-refractivity contribution < 1.29 is 9.59 Å². The number of carbonyl (C=O) groups excluding carboxylic acids is 2. The number of nitrogens with zero attached hydrogens (tertiary/aromatic N) is 1. The molecule has 32 heavy (non-hydrogen) atoms. The van der Waals surface area contributed by atoms with Gasteiger partial charge in [0.15, 0.2) is 0 Å². The molecule has 1 aliphatic heterocycles. The molecule has 0 aromatic heterocycles. The first-order chi connectivity index (χ1) is 15.4. The molecule has 0 aliphatic carbocycles. The molecule has 4 rings (SSSR count). The maximum atomic E-state index is 13.5. The van der Waals surface area contributed by atoms with Crippen molar-refractivity contribution in [2.45, 2.75) is 37.1 Å². The Bertz CT molecular complexity index is 1130.